The first-order valence-electron chi connectivity index (χ1n) is 16.3. The highest BCUT2D eigenvalue weighted by molar-refractivity contribution is 7.84. The van der Waals surface area contributed by atoms with Crippen molar-refractivity contribution >= 4 is 62.6 Å². The summed E-state index contributed by atoms with van der Waals surface area (Å²) in [6.07, 6.45) is 5.75. The maximum Gasteiger partial charge on any atom is 0.328 e. The molecule has 1 unspecified atom stereocenters. The minimum absolute atomic E-state index is 0.0371. The third-order valence-corrected chi connectivity index (χ3v) is 10.6. The zero-order valence-electron chi connectivity index (χ0n) is 28.3. The third kappa shape index (κ3) is 11.0. The van der Waals surface area contributed by atoms with Crippen molar-refractivity contribution in [1.29, 1.82) is 5.26 Å². The second-order valence-electron chi connectivity index (χ2n) is 12.3. The van der Waals surface area contributed by atoms with Gasteiger partial charge in [-0.2, -0.15) is 5.26 Å². The number of aliphatic carboxylic acids is 2. The molecule has 4 aromatic carbocycles. The minimum Gasteiger partial charge on any atom is -0.478 e. The summed E-state index contributed by atoms with van der Waals surface area (Å²) in [4.78, 5) is 38.1. The zero-order valence-corrected chi connectivity index (χ0v) is 30.6. The van der Waals surface area contributed by atoms with Gasteiger partial charge in [0.2, 0.25) is 0 Å². The smallest absolute Gasteiger partial charge is 0.328 e. The van der Waals surface area contributed by atoms with Crippen LogP contribution < -0.4 is 0 Å². The van der Waals surface area contributed by atoms with Crippen molar-refractivity contribution in [3.05, 3.63) is 123 Å². The Morgan fingerprint density at radius 3 is 2.24 bits per heavy atom. The Kier molecular flexibility index (Phi) is 14.3. The van der Waals surface area contributed by atoms with Gasteiger partial charge < -0.3 is 20.0 Å². The Bertz CT molecular complexity index is 1970. The quantitative estimate of drug-likeness (QED) is 0.150. The molecule has 51 heavy (non-hydrogen) atoms. The van der Waals surface area contributed by atoms with Crippen LogP contribution in [0.3, 0.4) is 0 Å². The second-order valence-corrected chi connectivity index (χ2v) is 14.5. The van der Waals surface area contributed by atoms with Crippen molar-refractivity contribution in [2.75, 3.05) is 39.5 Å². The number of hydrogen-bond acceptors (Lipinski definition) is 6. The molecule has 0 spiro atoms. The number of carboxylic acid groups (broad SMARTS) is 2. The van der Waals surface area contributed by atoms with E-state index in [4.69, 9.17) is 33.4 Å². The van der Waals surface area contributed by atoms with E-state index < -0.39 is 22.7 Å². The van der Waals surface area contributed by atoms with Crippen molar-refractivity contribution in [1.82, 2.24) is 9.80 Å². The van der Waals surface area contributed by atoms with Crippen molar-refractivity contribution < 1.29 is 28.8 Å². The van der Waals surface area contributed by atoms with E-state index in [-0.39, 0.29) is 11.8 Å². The second kappa shape index (κ2) is 18.6. The molecule has 0 aliphatic carbocycles. The molecule has 5 rings (SSSR count). The maximum atomic E-state index is 13.8. The molecule has 1 fully saturated rings. The van der Waals surface area contributed by atoms with Crippen molar-refractivity contribution in [3.63, 3.8) is 0 Å². The lowest BCUT2D eigenvalue weighted by molar-refractivity contribution is -0.134. The molecule has 1 heterocycles. The van der Waals surface area contributed by atoms with Crippen LogP contribution in [0.2, 0.25) is 10.0 Å². The Balaban J connectivity index is 0.000000652. The number of rotatable bonds is 11. The maximum absolute atomic E-state index is 13.8. The molecule has 0 bridgehead atoms. The first-order chi connectivity index (χ1) is 24.4. The lowest BCUT2D eigenvalue weighted by Crippen LogP contribution is -2.36. The molecule has 0 saturated carbocycles. The van der Waals surface area contributed by atoms with Crippen LogP contribution in [-0.2, 0) is 20.4 Å². The molecular weight excluding hydrogens is 709 g/mol. The molecule has 12 heteroatoms. The molecular formula is C39H39Cl2N3O6S. The lowest BCUT2D eigenvalue weighted by Gasteiger charge is -2.34. The summed E-state index contributed by atoms with van der Waals surface area (Å²) in [5.41, 5.74) is 3.25. The van der Waals surface area contributed by atoms with Gasteiger partial charge in [-0.25, -0.2) is 9.59 Å². The number of nitrogens with zero attached hydrogens (tertiary/aromatic N) is 3. The fourth-order valence-corrected chi connectivity index (χ4v) is 7.47. The van der Waals surface area contributed by atoms with E-state index in [9.17, 15) is 23.9 Å². The van der Waals surface area contributed by atoms with Crippen LogP contribution in [0.15, 0.2) is 95.9 Å². The van der Waals surface area contributed by atoms with Crippen LogP contribution >= 0.6 is 23.2 Å². The van der Waals surface area contributed by atoms with Crippen LogP contribution in [0.1, 0.15) is 58.1 Å². The van der Waals surface area contributed by atoms with Gasteiger partial charge in [0, 0.05) is 48.4 Å². The van der Waals surface area contributed by atoms with E-state index >= 15 is 0 Å². The largest absolute Gasteiger partial charge is 0.478 e. The average molecular weight is 749 g/mol. The molecule has 1 aliphatic rings. The fourth-order valence-electron chi connectivity index (χ4n) is 6.33. The van der Waals surface area contributed by atoms with Gasteiger partial charge in [0.1, 0.15) is 0 Å². The summed E-state index contributed by atoms with van der Waals surface area (Å²) in [6.45, 7) is 3.30. The number of fused-ring (bicyclic) bond motifs is 1. The summed E-state index contributed by atoms with van der Waals surface area (Å²) < 4.78 is 12.3. The van der Waals surface area contributed by atoms with Crippen LogP contribution in [-0.4, -0.2) is 81.6 Å². The molecule has 2 N–H and O–H groups in total. The molecule has 9 nitrogen and oxygen atoms in total. The van der Waals surface area contributed by atoms with Gasteiger partial charge in [0.25, 0.3) is 5.91 Å². The number of likely N-dealkylation sites (tertiary alicyclic amines) is 1. The van der Waals surface area contributed by atoms with Gasteiger partial charge in [-0.1, -0.05) is 71.7 Å². The van der Waals surface area contributed by atoms with Crippen molar-refractivity contribution in [2.24, 2.45) is 0 Å². The number of piperidine rings is 1. The first kappa shape index (κ1) is 39.3. The van der Waals surface area contributed by atoms with Crippen LogP contribution in [0.4, 0.5) is 0 Å². The monoisotopic (exact) mass is 747 g/mol. The Hall–Kier alpha value is -4.53. The van der Waals surface area contributed by atoms with Gasteiger partial charge in [-0.3, -0.25) is 9.00 Å². The number of likely N-dealkylation sites (N-methyl/N-ethyl adjacent to an activating group) is 1. The normalized spacial score (nSPS) is 14.6. The molecule has 4 aromatic rings. The Morgan fingerprint density at radius 1 is 0.961 bits per heavy atom. The topological polar surface area (TPSA) is 139 Å². The molecule has 1 saturated heterocycles. The molecule has 0 radical (unpaired) electrons. The molecule has 0 aromatic heterocycles. The van der Waals surface area contributed by atoms with Gasteiger partial charge in [0.05, 0.1) is 32.5 Å². The molecule has 266 valence electrons. The van der Waals surface area contributed by atoms with Crippen LogP contribution in [0, 0.1) is 11.3 Å². The van der Waals surface area contributed by atoms with E-state index in [2.05, 4.69) is 17.0 Å². The summed E-state index contributed by atoms with van der Waals surface area (Å²) in [5, 5.41) is 27.9. The number of carboxylic acids is 2. The number of benzene rings is 4. The summed E-state index contributed by atoms with van der Waals surface area (Å²) in [7, 11) is 0.820. The van der Waals surface area contributed by atoms with Gasteiger partial charge in [0.15, 0.2) is 0 Å². The number of carbonyl (C=O) groups is 3. The summed E-state index contributed by atoms with van der Waals surface area (Å²) in [6, 6.07) is 27.2. The fraction of sp³-hybridized carbons (Fsp3) is 0.282. The number of amides is 1. The van der Waals surface area contributed by atoms with Gasteiger partial charge in [-0.15, -0.1) is 0 Å². The summed E-state index contributed by atoms with van der Waals surface area (Å²) >= 11 is 12.7. The van der Waals surface area contributed by atoms with Crippen molar-refractivity contribution in [3.8, 4) is 6.07 Å². The van der Waals surface area contributed by atoms with E-state index in [0.717, 1.165) is 60.1 Å². The number of hydrogen-bond donors (Lipinski definition) is 2. The van der Waals surface area contributed by atoms with E-state index in [1.54, 1.807) is 17.2 Å². The van der Waals surface area contributed by atoms with E-state index in [1.165, 1.54) is 5.56 Å². The predicted octanol–water partition coefficient (Wildman–Crippen LogP) is 7.59. The molecule has 2 atom stereocenters. The third-order valence-electron chi connectivity index (χ3n) is 8.90. The van der Waals surface area contributed by atoms with Crippen LogP contribution in [0.25, 0.3) is 10.8 Å². The highest BCUT2D eigenvalue weighted by atomic mass is 35.5. The molecule has 1 amide bonds. The SMILES string of the molecule is CN(C[C@@H](CCN1CCC(c2ccccc2S(C)=O)CC1)c1ccc(Cl)c(Cl)c1)C(=O)c1cc(C#N)cc2ccccc12.O=C(O)/C=C/C(=O)O. The number of halogens is 2. The standard InChI is InChI=1S/C35H35Cl2N3O2S.C4H4O4/c1-39(35(41)31-20-24(22-38)19-27-7-3-4-8-29(27)31)23-28(26-11-12-32(36)33(37)21-26)15-18-40-16-13-25(14-17-40)30-9-5-6-10-34(30)43(2)42;5-3(6)1-2-4(7)8/h3-12,19-21,25,28H,13-18,23H2,1-2H3;1-2H,(H,5,6)(H,7,8)/b;2-1+/t28-,43?;/m1./s1. The van der Waals surface area contributed by atoms with Crippen molar-refractivity contribution in [2.45, 2.75) is 36.0 Å². The minimum atomic E-state index is -1.26. The lowest BCUT2D eigenvalue weighted by atomic mass is 9.88. The number of nitriles is 1. The Morgan fingerprint density at radius 2 is 1.61 bits per heavy atom. The Labute approximate surface area is 310 Å². The summed E-state index contributed by atoms with van der Waals surface area (Å²) in [5.74, 6) is -2.19. The highest BCUT2D eigenvalue weighted by Gasteiger charge is 2.26. The van der Waals surface area contributed by atoms with E-state index in [1.807, 2.05) is 73.8 Å². The average Bonchev–Trinajstić information content (AvgIpc) is 3.13. The van der Waals surface area contributed by atoms with Crippen LogP contribution in [0.5, 0.6) is 0 Å². The molecule has 1 aliphatic heterocycles. The van der Waals surface area contributed by atoms with Gasteiger partial charge >= 0.3 is 11.9 Å². The van der Waals surface area contributed by atoms with Gasteiger partial charge in [-0.05, 0) is 97.0 Å². The highest BCUT2D eigenvalue weighted by Crippen LogP contribution is 2.33. The van der Waals surface area contributed by atoms with E-state index in [0.29, 0.717) is 45.8 Å². The zero-order chi connectivity index (χ0) is 37.1. The number of carbonyl (C=O) groups excluding carboxylic acids is 1. The predicted molar refractivity (Wildman–Crippen MR) is 201 cm³/mol. The first-order valence-corrected chi connectivity index (χ1v) is 18.6.